The van der Waals surface area contributed by atoms with Crippen LogP contribution in [0.4, 0.5) is 13.2 Å². The first kappa shape index (κ1) is 14.5. The maximum Gasteiger partial charge on any atom is 0.449 e. The fraction of sp³-hybridized carbons (Fsp3) is 0.467. The summed E-state index contributed by atoms with van der Waals surface area (Å²) in [6, 6.07) is 2.89. The molecule has 0 aromatic carbocycles. The van der Waals surface area contributed by atoms with Crippen molar-refractivity contribution < 1.29 is 22.4 Å². The molecule has 2 aliphatic rings. The normalized spacial score (nSPS) is 26.8. The number of furan rings is 1. The second-order valence-electron chi connectivity index (χ2n) is 6.08. The Morgan fingerprint density at radius 3 is 2.83 bits per heavy atom. The Balaban J connectivity index is 1.55. The van der Waals surface area contributed by atoms with Gasteiger partial charge in [-0.25, -0.2) is 0 Å². The van der Waals surface area contributed by atoms with Crippen LogP contribution in [0.5, 0.6) is 0 Å². The number of halogens is 3. The second-order valence-corrected chi connectivity index (χ2v) is 6.08. The van der Waals surface area contributed by atoms with Gasteiger partial charge in [0.1, 0.15) is 11.3 Å². The van der Waals surface area contributed by atoms with E-state index in [0.29, 0.717) is 6.04 Å². The van der Waals surface area contributed by atoms with Crippen molar-refractivity contribution >= 4 is 16.9 Å². The molecule has 2 aromatic rings. The molecule has 2 fully saturated rings. The van der Waals surface area contributed by atoms with Gasteiger partial charge in [-0.3, -0.25) is 9.78 Å². The lowest BCUT2D eigenvalue weighted by Gasteiger charge is -2.21. The first-order chi connectivity index (χ1) is 10.9. The number of pyridine rings is 1. The third kappa shape index (κ3) is 2.56. The zero-order chi connectivity index (χ0) is 16.2. The Kier molecular flexibility index (Phi) is 3.12. The van der Waals surface area contributed by atoms with E-state index in [1.54, 1.807) is 0 Å². The lowest BCUT2D eigenvalue weighted by molar-refractivity contribution is -0.152. The number of aromatic nitrogens is 1. The average molecular weight is 325 g/mol. The van der Waals surface area contributed by atoms with Crippen LogP contribution in [0.25, 0.3) is 11.0 Å². The average Bonchev–Trinajstić information content (AvgIpc) is 3.20. The van der Waals surface area contributed by atoms with Gasteiger partial charge in [0.15, 0.2) is 0 Å². The smallest absolute Gasteiger partial charge is 0.449 e. The maximum atomic E-state index is 12.6. The second kappa shape index (κ2) is 4.95. The van der Waals surface area contributed by atoms with E-state index in [-0.39, 0.29) is 28.7 Å². The topological polar surface area (TPSA) is 67.2 Å². The van der Waals surface area contributed by atoms with Crippen molar-refractivity contribution in [3.8, 4) is 0 Å². The molecule has 0 saturated carbocycles. The highest BCUT2D eigenvalue weighted by molar-refractivity contribution is 5.95. The van der Waals surface area contributed by atoms with E-state index >= 15 is 0 Å². The van der Waals surface area contributed by atoms with Gasteiger partial charge in [-0.2, -0.15) is 13.2 Å². The summed E-state index contributed by atoms with van der Waals surface area (Å²) in [5.41, 5.74) is 0.0619. The van der Waals surface area contributed by atoms with Crippen LogP contribution in [0.2, 0.25) is 0 Å². The van der Waals surface area contributed by atoms with Crippen molar-refractivity contribution in [2.24, 2.45) is 0 Å². The fourth-order valence-electron chi connectivity index (χ4n) is 3.42. The quantitative estimate of drug-likeness (QED) is 0.890. The van der Waals surface area contributed by atoms with E-state index < -0.39 is 17.8 Å². The van der Waals surface area contributed by atoms with Crippen LogP contribution in [0.1, 0.15) is 35.5 Å². The molecule has 23 heavy (non-hydrogen) atoms. The molecule has 2 bridgehead atoms. The van der Waals surface area contributed by atoms with Crippen molar-refractivity contribution in [2.75, 3.05) is 0 Å². The molecule has 2 aromatic heterocycles. The highest BCUT2D eigenvalue weighted by Gasteiger charge is 2.40. The van der Waals surface area contributed by atoms with E-state index in [9.17, 15) is 18.0 Å². The van der Waals surface area contributed by atoms with Gasteiger partial charge < -0.3 is 15.1 Å². The lowest BCUT2D eigenvalue weighted by atomic mass is 9.95. The van der Waals surface area contributed by atoms with Gasteiger partial charge in [-0.1, -0.05) is 0 Å². The molecule has 0 unspecified atom stereocenters. The zero-order valence-electron chi connectivity index (χ0n) is 12.0. The first-order valence-corrected chi connectivity index (χ1v) is 7.44. The third-order valence-electron chi connectivity index (χ3n) is 4.53. The van der Waals surface area contributed by atoms with Crippen LogP contribution >= 0.6 is 0 Å². The molecule has 4 rings (SSSR count). The SMILES string of the molecule is O=C(N[C@@H]1C[C@H]2CC[C@@H]1N2)c1cc2oc(C(F)(F)F)cc2cn1. The standard InChI is InChI=1S/C15H14F3N3O2/c16-15(17,18)13-3-7-6-19-11(5-12(7)23-13)14(22)21-10-4-8-1-2-9(10)20-8/h3,5-6,8-10,20H,1-2,4H2,(H,21,22)/t8-,9+,10-/m1/s1. The van der Waals surface area contributed by atoms with Crippen molar-refractivity contribution in [3.05, 3.63) is 29.8 Å². The number of hydrogen-bond acceptors (Lipinski definition) is 4. The predicted molar refractivity (Wildman–Crippen MR) is 74.8 cm³/mol. The number of hydrogen-bond donors (Lipinski definition) is 2. The van der Waals surface area contributed by atoms with Crippen LogP contribution < -0.4 is 10.6 Å². The number of nitrogens with one attached hydrogen (secondary N) is 2. The monoisotopic (exact) mass is 325 g/mol. The number of fused-ring (bicyclic) bond motifs is 3. The molecule has 2 aliphatic heterocycles. The molecule has 1 amide bonds. The van der Waals surface area contributed by atoms with Gasteiger partial charge in [0.2, 0.25) is 5.76 Å². The minimum atomic E-state index is -4.56. The molecule has 5 nitrogen and oxygen atoms in total. The molecule has 0 radical (unpaired) electrons. The summed E-state index contributed by atoms with van der Waals surface area (Å²) in [4.78, 5) is 16.2. The van der Waals surface area contributed by atoms with Crippen LogP contribution in [-0.4, -0.2) is 29.0 Å². The van der Waals surface area contributed by atoms with E-state index in [2.05, 4.69) is 15.6 Å². The molecule has 122 valence electrons. The molecule has 0 aliphatic carbocycles. The Labute approximate surface area is 129 Å². The Morgan fingerprint density at radius 1 is 1.35 bits per heavy atom. The van der Waals surface area contributed by atoms with Gasteiger partial charge in [0, 0.05) is 35.8 Å². The molecule has 4 heterocycles. The Hall–Kier alpha value is -2.09. The van der Waals surface area contributed by atoms with Gasteiger partial charge in [-0.05, 0) is 25.3 Å². The van der Waals surface area contributed by atoms with Crippen LogP contribution in [0.3, 0.4) is 0 Å². The molecule has 3 atom stereocenters. The van der Waals surface area contributed by atoms with Gasteiger partial charge in [-0.15, -0.1) is 0 Å². The predicted octanol–water partition coefficient (Wildman–Crippen LogP) is 2.47. The van der Waals surface area contributed by atoms with Crippen LogP contribution in [-0.2, 0) is 6.18 Å². The van der Waals surface area contributed by atoms with E-state index in [4.69, 9.17) is 4.42 Å². The van der Waals surface area contributed by atoms with Crippen molar-refractivity contribution in [1.82, 2.24) is 15.6 Å². The number of rotatable bonds is 2. The molecular formula is C15H14F3N3O2. The van der Waals surface area contributed by atoms with Crippen molar-refractivity contribution in [3.63, 3.8) is 0 Å². The molecular weight excluding hydrogens is 311 g/mol. The van der Waals surface area contributed by atoms with E-state index in [1.165, 1.54) is 12.3 Å². The van der Waals surface area contributed by atoms with Crippen LogP contribution in [0.15, 0.2) is 22.7 Å². The summed E-state index contributed by atoms with van der Waals surface area (Å²) in [5, 5.41) is 6.52. The highest BCUT2D eigenvalue weighted by Crippen LogP contribution is 2.33. The Bertz CT molecular complexity index is 771. The van der Waals surface area contributed by atoms with Gasteiger partial charge >= 0.3 is 6.18 Å². The molecule has 8 heteroatoms. The minimum Gasteiger partial charge on any atom is -0.451 e. The largest absolute Gasteiger partial charge is 0.451 e. The summed E-state index contributed by atoms with van der Waals surface area (Å²) in [6.07, 6.45) is -0.321. The number of amides is 1. The summed E-state index contributed by atoms with van der Waals surface area (Å²) in [6.45, 7) is 0. The molecule has 2 saturated heterocycles. The maximum absolute atomic E-state index is 12.6. The molecule has 2 N–H and O–H groups in total. The number of carbonyl (C=O) groups excluding carboxylic acids is 1. The third-order valence-corrected chi connectivity index (χ3v) is 4.53. The number of alkyl halides is 3. The first-order valence-electron chi connectivity index (χ1n) is 7.44. The number of carbonyl (C=O) groups is 1. The van der Waals surface area contributed by atoms with Gasteiger partial charge in [0.25, 0.3) is 5.91 Å². The summed E-state index contributed by atoms with van der Waals surface area (Å²) in [5.74, 6) is -1.49. The zero-order valence-corrected chi connectivity index (χ0v) is 12.0. The van der Waals surface area contributed by atoms with Crippen molar-refractivity contribution in [1.29, 1.82) is 0 Å². The summed E-state index contributed by atoms with van der Waals surface area (Å²) < 4.78 is 42.7. The fourth-order valence-corrected chi connectivity index (χ4v) is 3.42. The lowest BCUT2D eigenvalue weighted by Crippen LogP contribution is -2.43. The molecule has 0 spiro atoms. The Morgan fingerprint density at radius 2 is 2.17 bits per heavy atom. The summed E-state index contributed by atoms with van der Waals surface area (Å²) in [7, 11) is 0. The van der Waals surface area contributed by atoms with Crippen LogP contribution in [0, 0.1) is 0 Å². The number of nitrogens with zero attached hydrogens (tertiary/aromatic N) is 1. The van der Waals surface area contributed by atoms with E-state index in [1.807, 2.05) is 0 Å². The highest BCUT2D eigenvalue weighted by atomic mass is 19.4. The van der Waals surface area contributed by atoms with Gasteiger partial charge in [0.05, 0.1) is 0 Å². The summed E-state index contributed by atoms with van der Waals surface area (Å²) >= 11 is 0. The minimum absolute atomic E-state index is 0.00328. The van der Waals surface area contributed by atoms with Crippen molar-refractivity contribution in [2.45, 2.75) is 43.6 Å². The van der Waals surface area contributed by atoms with E-state index in [0.717, 1.165) is 25.3 Å².